The van der Waals surface area contributed by atoms with Crippen molar-refractivity contribution in [3.63, 3.8) is 0 Å². The molecule has 0 aliphatic rings. The number of hydrogen-bond donors (Lipinski definition) is 3. The molecular formula is C18H22F2N6O2S. The van der Waals surface area contributed by atoms with Crippen molar-refractivity contribution < 1.29 is 17.2 Å². The average molecular weight is 424 g/mol. The van der Waals surface area contributed by atoms with E-state index in [0.717, 1.165) is 12.4 Å². The maximum Gasteiger partial charge on any atom is 0.213 e. The van der Waals surface area contributed by atoms with Crippen LogP contribution in [0.15, 0.2) is 24.7 Å². The highest BCUT2D eigenvalue weighted by Crippen LogP contribution is 2.29. The molecule has 0 radical (unpaired) electrons. The summed E-state index contributed by atoms with van der Waals surface area (Å²) in [7, 11) is -2.23. The molecule has 1 atom stereocenters. The van der Waals surface area contributed by atoms with E-state index in [1.165, 1.54) is 13.1 Å². The lowest BCUT2D eigenvalue weighted by Crippen LogP contribution is -2.43. The molecule has 11 heteroatoms. The highest BCUT2D eigenvalue weighted by Gasteiger charge is 2.30. The standard InChI is InChI=1S/C18H22F2N6O2S/c1-18(2,3)14(9-29(27,28)21-4)25-17-13(20)8-24-16(26-17)12-7-23-15-11(12)5-10(19)6-22-15/h5-8,14,21H,9H2,1-4H3,(H,22,23)(H,24,25,26). The Morgan fingerprint density at radius 1 is 1.21 bits per heavy atom. The fraction of sp³-hybridized carbons (Fsp3) is 0.389. The molecule has 0 aliphatic carbocycles. The topological polar surface area (TPSA) is 113 Å². The predicted octanol–water partition coefficient (Wildman–Crippen LogP) is 2.67. The van der Waals surface area contributed by atoms with Gasteiger partial charge in [0.15, 0.2) is 17.5 Å². The average Bonchev–Trinajstić information content (AvgIpc) is 3.05. The Morgan fingerprint density at radius 3 is 2.59 bits per heavy atom. The van der Waals surface area contributed by atoms with Gasteiger partial charge in [-0.3, -0.25) is 0 Å². The highest BCUT2D eigenvalue weighted by atomic mass is 32.2. The number of H-pyrrole nitrogens is 1. The van der Waals surface area contributed by atoms with E-state index in [1.807, 2.05) is 20.8 Å². The van der Waals surface area contributed by atoms with E-state index >= 15 is 0 Å². The monoisotopic (exact) mass is 424 g/mol. The van der Waals surface area contributed by atoms with Gasteiger partial charge in [0.1, 0.15) is 11.5 Å². The molecule has 29 heavy (non-hydrogen) atoms. The zero-order valence-electron chi connectivity index (χ0n) is 16.4. The summed E-state index contributed by atoms with van der Waals surface area (Å²) in [4.78, 5) is 15.1. The summed E-state index contributed by atoms with van der Waals surface area (Å²) in [5.74, 6) is -1.51. The van der Waals surface area contributed by atoms with Crippen LogP contribution in [0.4, 0.5) is 14.6 Å². The number of hydrogen-bond acceptors (Lipinski definition) is 6. The summed E-state index contributed by atoms with van der Waals surface area (Å²) in [6.45, 7) is 5.51. The molecule has 0 bridgehead atoms. The van der Waals surface area contributed by atoms with Gasteiger partial charge >= 0.3 is 0 Å². The lowest BCUT2D eigenvalue weighted by molar-refractivity contribution is 0.357. The van der Waals surface area contributed by atoms with Crippen LogP contribution in [-0.2, 0) is 10.0 Å². The van der Waals surface area contributed by atoms with Crippen molar-refractivity contribution in [3.05, 3.63) is 36.3 Å². The molecule has 0 saturated heterocycles. The van der Waals surface area contributed by atoms with Crippen molar-refractivity contribution in [3.8, 4) is 11.4 Å². The van der Waals surface area contributed by atoms with E-state index in [0.29, 0.717) is 16.6 Å². The van der Waals surface area contributed by atoms with Crippen LogP contribution in [0.1, 0.15) is 20.8 Å². The second-order valence-electron chi connectivity index (χ2n) is 7.69. The summed E-state index contributed by atoms with van der Waals surface area (Å²) in [5, 5.41) is 3.35. The second kappa shape index (κ2) is 7.64. The van der Waals surface area contributed by atoms with Gasteiger partial charge < -0.3 is 10.3 Å². The number of nitrogens with zero attached hydrogens (tertiary/aromatic N) is 3. The first kappa shape index (κ1) is 21.1. The molecule has 1 unspecified atom stereocenters. The van der Waals surface area contributed by atoms with Gasteiger partial charge in [-0.15, -0.1) is 0 Å². The van der Waals surface area contributed by atoms with Crippen LogP contribution in [0, 0.1) is 17.0 Å². The number of aromatic amines is 1. The molecule has 0 aliphatic heterocycles. The number of rotatable bonds is 6. The second-order valence-corrected chi connectivity index (χ2v) is 9.66. The first-order valence-corrected chi connectivity index (χ1v) is 10.5. The maximum absolute atomic E-state index is 14.4. The minimum Gasteiger partial charge on any atom is -0.363 e. The molecule has 0 fully saturated rings. The van der Waals surface area contributed by atoms with E-state index < -0.39 is 33.1 Å². The third-order valence-corrected chi connectivity index (χ3v) is 5.93. The van der Waals surface area contributed by atoms with Gasteiger partial charge in [0.2, 0.25) is 10.0 Å². The fourth-order valence-corrected chi connectivity index (χ4v) is 3.93. The smallest absolute Gasteiger partial charge is 0.213 e. The van der Waals surface area contributed by atoms with Crippen molar-refractivity contribution in [2.45, 2.75) is 26.8 Å². The molecule has 8 nitrogen and oxygen atoms in total. The van der Waals surface area contributed by atoms with Crippen molar-refractivity contribution in [2.24, 2.45) is 5.41 Å². The van der Waals surface area contributed by atoms with E-state index in [4.69, 9.17) is 0 Å². The van der Waals surface area contributed by atoms with Crippen molar-refractivity contribution in [2.75, 3.05) is 18.1 Å². The summed E-state index contributed by atoms with van der Waals surface area (Å²) in [6, 6.07) is 0.644. The normalized spacial score (nSPS) is 13.6. The zero-order chi connectivity index (χ0) is 21.4. The number of sulfonamides is 1. The number of aromatic nitrogens is 4. The Balaban J connectivity index is 2.01. The van der Waals surface area contributed by atoms with E-state index in [1.54, 1.807) is 6.20 Å². The molecule has 3 heterocycles. The molecular weight excluding hydrogens is 402 g/mol. The number of fused-ring (bicyclic) bond motifs is 1. The minimum atomic E-state index is -3.56. The molecule has 156 valence electrons. The summed E-state index contributed by atoms with van der Waals surface area (Å²) >= 11 is 0. The summed E-state index contributed by atoms with van der Waals surface area (Å²) in [5.41, 5.74) is 0.372. The summed E-state index contributed by atoms with van der Waals surface area (Å²) < 4.78 is 54.4. The number of halogens is 2. The third-order valence-electron chi connectivity index (χ3n) is 4.54. The number of pyridine rings is 1. The van der Waals surface area contributed by atoms with Gasteiger partial charge in [0, 0.05) is 23.2 Å². The lowest BCUT2D eigenvalue weighted by Gasteiger charge is -2.31. The van der Waals surface area contributed by atoms with Crippen LogP contribution < -0.4 is 10.0 Å². The molecule has 3 aromatic heterocycles. The van der Waals surface area contributed by atoms with Crippen LogP contribution in [-0.4, -0.2) is 47.2 Å². The molecule has 0 aromatic carbocycles. The minimum absolute atomic E-state index is 0.139. The molecule has 3 N–H and O–H groups in total. The molecule has 0 spiro atoms. The van der Waals surface area contributed by atoms with Crippen LogP contribution in [0.2, 0.25) is 0 Å². The first-order valence-electron chi connectivity index (χ1n) is 8.83. The Labute approximate surface area is 167 Å². The molecule has 3 aromatic rings. The van der Waals surface area contributed by atoms with Crippen molar-refractivity contribution in [1.29, 1.82) is 0 Å². The van der Waals surface area contributed by atoms with Crippen LogP contribution >= 0.6 is 0 Å². The number of anilines is 1. The SMILES string of the molecule is CNS(=O)(=O)CC(Nc1nc(-c2c[nH]c3ncc(F)cc23)ncc1F)C(C)(C)C. The molecule has 3 rings (SSSR count). The highest BCUT2D eigenvalue weighted by molar-refractivity contribution is 7.89. The Hall–Kier alpha value is -2.66. The largest absolute Gasteiger partial charge is 0.363 e. The molecule has 0 saturated carbocycles. The van der Waals surface area contributed by atoms with Gasteiger partial charge in [-0.1, -0.05) is 20.8 Å². The van der Waals surface area contributed by atoms with Crippen LogP contribution in [0.5, 0.6) is 0 Å². The molecule has 0 amide bonds. The van der Waals surface area contributed by atoms with Gasteiger partial charge in [0.05, 0.1) is 18.1 Å². The fourth-order valence-electron chi connectivity index (χ4n) is 2.74. The van der Waals surface area contributed by atoms with E-state index in [9.17, 15) is 17.2 Å². The Kier molecular flexibility index (Phi) is 5.54. The van der Waals surface area contributed by atoms with Gasteiger partial charge in [-0.05, 0) is 18.5 Å². The number of nitrogens with one attached hydrogen (secondary N) is 3. The maximum atomic E-state index is 14.4. The summed E-state index contributed by atoms with van der Waals surface area (Å²) in [6.07, 6.45) is 3.63. The lowest BCUT2D eigenvalue weighted by atomic mass is 9.88. The Morgan fingerprint density at radius 2 is 1.93 bits per heavy atom. The van der Waals surface area contributed by atoms with E-state index in [2.05, 4.69) is 30.0 Å². The van der Waals surface area contributed by atoms with Crippen LogP contribution in [0.3, 0.4) is 0 Å². The Bertz CT molecular complexity index is 1140. The zero-order valence-corrected chi connectivity index (χ0v) is 17.2. The van der Waals surface area contributed by atoms with Crippen LogP contribution in [0.25, 0.3) is 22.4 Å². The van der Waals surface area contributed by atoms with Crippen molar-refractivity contribution >= 4 is 26.9 Å². The first-order chi connectivity index (χ1) is 13.5. The predicted molar refractivity (Wildman–Crippen MR) is 107 cm³/mol. The third kappa shape index (κ3) is 4.67. The van der Waals surface area contributed by atoms with E-state index in [-0.39, 0.29) is 17.4 Å². The van der Waals surface area contributed by atoms with Crippen molar-refractivity contribution in [1.82, 2.24) is 24.7 Å². The quantitative estimate of drug-likeness (QED) is 0.561. The van der Waals surface area contributed by atoms with Gasteiger partial charge in [-0.25, -0.2) is 36.9 Å². The van der Waals surface area contributed by atoms with Gasteiger partial charge in [0.25, 0.3) is 0 Å². The van der Waals surface area contributed by atoms with Gasteiger partial charge in [-0.2, -0.15) is 0 Å².